The zero-order valence-electron chi connectivity index (χ0n) is 9.87. The highest BCUT2D eigenvalue weighted by atomic mass is 79.9. The van der Waals surface area contributed by atoms with Crippen LogP contribution >= 0.6 is 27.3 Å². The summed E-state index contributed by atoms with van der Waals surface area (Å²) in [7, 11) is 0. The van der Waals surface area contributed by atoms with Gasteiger partial charge in [0.1, 0.15) is 0 Å². The molecule has 2 rings (SSSR count). The van der Waals surface area contributed by atoms with Gasteiger partial charge in [0.25, 0.3) is 0 Å². The van der Waals surface area contributed by atoms with E-state index >= 15 is 0 Å². The number of halogens is 1. The van der Waals surface area contributed by atoms with Crippen molar-refractivity contribution in [2.45, 2.75) is 51.7 Å². The second-order valence-electron chi connectivity index (χ2n) is 4.58. The fourth-order valence-electron chi connectivity index (χ4n) is 2.35. The van der Waals surface area contributed by atoms with Gasteiger partial charge in [-0.15, -0.1) is 11.3 Å². The van der Waals surface area contributed by atoms with E-state index in [-0.39, 0.29) is 0 Å². The van der Waals surface area contributed by atoms with Crippen molar-refractivity contribution in [3.8, 4) is 0 Å². The summed E-state index contributed by atoms with van der Waals surface area (Å²) in [5.41, 5.74) is 3.57. The summed E-state index contributed by atoms with van der Waals surface area (Å²) in [6.45, 7) is 5.57. The number of hydrogen-bond acceptors (Lipinski definition) is 3. The van der Waals surface area contributed by atoms with Crippen molar-refractivity contribution < 1.29 is 0 Å². The molecule has 2 nitrogen and oxygen atoms in total. The van der Waals surface area contributed by atoms with Crippen LogP contribution in [0.15, 0.2) is 15.9 Å². The molecule has 0 aromatic carbocycles. The second kappa shape index (κ2) is 5.63. The maximum Gasteiger partial charge on any atom is 0.0701 e. The van der Waals surface area contributed by atoms with Crippen LogP contribution in [-0.2, 0) is 6.54 Å². The summed E-state index contributed by atoms with van der Waals surface area (Å²) in [6, 6.07) is 5.62. The third-order valence-corrected chi connectivity index (χ3v) is 4.88. The largest absolute Gasteiger partial charge is 0.249 e. The van der Waals surface area contributed by atoms with E-state index in [0.717, 1.165) is 6.54 Å². The highest BCUT2D eigenvalue weighted by Gasteiger charge is 2.24. The molecule has 90 valence electrons. The molecule has 1 aliphatic heterocycles. The molecule has 1 fully saturated rings. The van der Waals surface area contributed by atoms with E-state index in [1.54, 1.807) is 11.3 Å². The lowest BCUT2D eigenvalue weighted by molar-refractivity contribution is 0.0439. The Morgan fingerprint density at radius 1 is 1.38 bits per heavy atom. The van der Waals surface area contributed by atoms with Crippen LogP contribution in [0, 0.1) is 0 Å². The van der Waals surface area contributed by atoms with Gasteiger partial charge in [0.05, 0.1) is 3.79 Å². The van der Waals surface area contributed by atoms with Crippen LogP contribution < -0.4 is 5.43 Å². The minimum Gasteiger partial charge on any atom is -0.249 e. The van der Waals surface area contributed by atoms with E-state index in [0.29, 0.717) is 12.1 Å². The molecule has 4 heteroatoms. The van der Waals surface area contributed by atoms with Crippen LogP contribution in [0.3, 0.4) is 0 Å². The van der Waals surface area contributed by atoms with Crippen molar-refractivity contribution in [2.75, 3.05) is 0 Å². The third-order valence-electron chi connectivity index (χ3n) is 3.26. The minimum absolute atomic E-state index is 0.659. The number of hydrazine groups is 1. The molecular formula is C12H19BrN2S. The molecule has 2 atom stereocenters. The topological polar surface area (TPSA) is 15.3 Å². The first-order valence-electron chi connectivity index (χ1n) is 5.93. The minimum atomic E-state index is 0.659. The quantitative estimate of drug-likeness (QED) is 0.914. The Labute approximate surface area is 110 Å². The highest BCUT2D eigenvalue weighted by Crippen LogP contribution is 2.24. The van der Waals surface area contributed by atoms with Crippen molar-refractivity contribution in [3.63, 3.8) is 0 Å². The number of nitrogens with zero attached hydrogens (tertiary/aromatic N) is 1. The molecule has 0 spiro atoms. The predicted molar refractivity (Wildman–Crippen MR) is 73.5 cm³/mol. The standard InChI is InChI=1S/C12H19BrN2S/c1-9-4-3-5-10(2)15(9)14-8-11-6-7-12(13)16-11/h6-7,9-10,14H,3-5,8H2,1-2H3. The highest BCUT2D eigenvalue weighted by molar-refractivity contribution is 9.11. The average Bonchev–Trinajstić information content (AvgIpc) is 2.63. The molecule has 2 unspecified atom stereocenters. The number of hydrogen-bond donors (Lipinski definition) is 1. The molecule has 1 aromatic heterocycles. The van der Waals surface area contributed by atoms with Crippen LogP contribution in [0.4, 0.5) is 0 Å². The molecule has 0 aliphatic carbocycles. The summed E-state index contributed by atoms with van der Waals surface area (Å²) in [5, 5.41) is 2.43. The fraction of sp³-hybridized carbons (Fsp3) is 0.667. The van der Waals surface area contributed by atoms with E-state index in [1.807, 2.05) is 0 Å². The van der Waals surface area contributed by atoms with Gasteiger partial charge in [0.15, 0.2) is 0 Å². The maximum atomic E-state index is 3.57. The third kappa shape index (κ3) is 3.06. The summed E-state index contributed by atoms with van der Waals surface area (Å²) >= 11 is 5.31. The van der Waals surface area contributed by atoms with Crippen LogP contribution in [-0.4, -0.2) is 17.1 Å². The van der Waals surface area contributed by atoms with Crippen molar-refractivity contribution in [2.24, 2.45) is 0 Å². The van der Waals surface area contributed by atoms with Crippen molar-refractivity contribution in [3.05, 3.63) is 20.8 Å². The zero-order valence-corrected chi connectivity index (χ0v) is 12.3. The maximum absolute atomic E-state index is 3.57. The van der Waals surface area contributed by atoms with E-state index in [9.17, 15) is 0 Å². The van der Waals surface area contributed by atoms with Gasteiger partial charge in [-0.05, 0) is 54.8 Å². The zero-order chi connectivity index (χ0) is 11.5. The number of thiophene rings is 1. The molecule has 0 saturated carbocycles. The Balaban J connectivity index is 1.88. The van der Waals surface area contributed by atoms with Gasteiger partial charge in [0, 0.05) is 23.5 Å². The Kier molecular flexibility index (Phi) is 4.41. The van der Waals surface area contributed by atoms with Gasteiger partial charge in [-0.25, -0.2) is 10.4 Å². The summed E-state index contributed by atoms with van der Waals surface area (Å²) < 4.78 is 1.21. The SMILES string of the molecule is CC1CCCC(C)N1NCc1ccc(Br)s1. The Bertz CT molecular complexity index is 330. The second-order valence-corrected chi connectivity index (χ2v) is 7.12. The normalized spacial score (nSPS) is 27.2. The average molecular weight is 303 g/mol. The van der Waals surface area contributed by atoms with Gasteiger partial charge < -0.3 is 0 Å². The first kappa shape index (κ1) is 12.6. The monoisotopic (exact) mass is 302 g/mol. The van der Waals surface area contributed by atoms with Gasteiger partial charge in [-0.1, -0.05) is 6.42 Å². The Morgan fingerprint density at radius 3 is 2.62 bits per heavy atom. The molecule has 1 aromatic rings. The summed E-state index contributed by atoms with van der Waals surface area (Å²) in [5.74, 6) is 0. The van der Waals surface area contributed by atoms with Gasteiger partial charge >= 0.3 is 0 Å². The molecule has 1 aliphatic rings. The van der Waals surface area contributed by atoms with E-state index < -0.39 is 0 Å². The van der Waals surface area contributed by atoms with Gasteiger partial charge in [-0.2, -0.15) is 0 Å². The van der Waals surface area contributed by atoms with Crippen LogP contribution in [0.1, 0.15) is 38.0 Å². The smallest absolute Gasteiger partial charge is 0.0701 e. The van der Waals surface area contributed by atoms with Crippen LogP contribution in [0.2, 0.25) is 0 Å². The number of rotatable bonds is 3. The van der Waals surface area contributed by atoms with Gasteiger partial charge in [0.2, 0.25) is 0 Å². The van der Waals surface area contributed by atoms with Crippen molar-refractivity contribution in [1.29, 1.82) is 0 Å². The van der Waals surface area contributed by atoms with Crippen molar-refractivity contribution >= 4 is 27.3 Å². The van der Waals surface area contributed by atoms with Gasteiger partial charge in [-0.3, -0.25) is 0 Å². The lowest BCUT2D eigenvalue weighted by atomic mass is 10.00. The lowest BCUT2D eigenvalue weighted by Gasteiger charge is -2.39. The Hall–Kier alpha value is 0.1000. The van der Waals surface area contributed by atoms with E-state index in [1.165, 1.54) is 27.9 Å². The predicted octanol–water partition coefficient (Wildman–Crippen LogP) is 3.78. The molecule has 16 heavy (non-hydrogen) atoms. The van der Waals surface area contributed by atoms with Crippen LogP contribution in [0.25, 0.3) is 0 Å². The van der Waals surface area contributed by atoms with Crippen LogP contribution in [0.5, 0.6) is 0 Å². The number of nitrogens with one attached hydrogen (secondary N) is 1. The van der Waals surface area contributed by atoms with E-state index in [4.69, 9.17) is 0 Å². The number of piperidine rings is 1. The molecule has 0 radical (unpaired) electrons. The summed E-state index contributed by atoms with van der Waals surface area (Å²) in [4.78, 5) is 1.39. The molecule has 1 saturated heterocycles. The first-order valence-corrected chi connectivity index (χ1v) is 7.54. The molecule has 1 N–H and O–H groups in total. The van der Waals surface area contributed by atoms with E-state index in [2.05, 4.69) is 52.3 Å². The molecule has 0 amide bonds. The molecule has 2 heterocycles. The lowest BCUT2D eigenvalue weighted by Crippen LogP contribution is -2.51. The Morgan fingerprint density at radius 2 is 2.06 bits per heavy atom. The summed E-state index contributed by atoms with van der Waals surface area (Å²) in [6.07, 6.45) is 3.99. The molecular weight excluding hydrogens is 284 g/mol. The first-order chi connectivity index (χ1) is 7.66. The van der Waals surface area contributed by atoms with Crippen molar-refractivity contribution in [1.82, 2.24) is 10.4 Å². The fourth-order valence-corrected chi connectivity index (χ4v) is 3.76. The molecule has 0 bridgehead atoms.